The summed E-state index contributed by atoms with van der Waals surface area (Å²) in [6.45, 7) is 5.96. The topological polar surface area (TPSA) is 40.5 Å². The summed E-state index contributed by atoms with van der Waals surface area (Å²) in [5.41, 5.74) is -1.09. The van der Waals surface area contributed by atoms with Crippen LogP contribution in [-0.2, 0) is 0 Å². The lowest BCUT2D eigenvalue weighted by molar-refractivity contribution is -0.161. The highest BCUT2D eigenvalue weighted by atomic mass is 16.3. The van der Waals surface area contributed by atoms with Gasteiger partial charge < -0.3 is 10.2 Å². The van der Waals surface area contributed by atoms with Crippen molar-refractivity contribution >= 4 is 0 Å². The Balaban J connectivity index is 2.79. The van der Waals surface area contributed by atoms with E-state index in [4.69, 9.17) is 0 Å². The van der Waals surface area contributed by atoms with Gasteiger partial charge in [-0.1, -0.05) is 33.6 Å². The van der Waals surface area contributed by atoms with Crippen LogP contribution in [-0.4, -0.2) is 21.9 Å². The smallest absolute Gasteiger partial charge is 0.0953 e. The predicted molar refractivity (Wildman–Crippen MR) is 48.9 cm³/mol. The second kappa shape index (κ2) is 3.00. The summed E-state index contributed by atoms with van der Waals surface area (Å²) in [7, 11) is 0. The molecule has 2 heteroatoms. The Morgan fingerprint density at radius 3 is 2.17 bits per heavy atom. The summed E-state index contributed by atoms with van der Waals surface area (Å²) in [5.74, 6) is 0. The minimum atomic E-state index is -0.870. The fourth-order valence-electron chi connectivity index (χ4n) is 2.01. The quantitative estimate of drug-likeness (QED) is 0.584. The van der Waals surface area contributed by atoms with Gasteiger partial charge in [0.05, 0.1) is 11.7 Å². The van der Waals surface area contributed by atoms with E-state index in [9.17, 15) is 10.2 Å². The Kier molecular flexibility index (Phi) is 2.50. The van der Waals surface area contributed by atoms with E-state index < -0.39 is 11.7 Å². The first kappa shape index (κ1) is 10.0. The first-order valence-corrected chi connectivity index (χ1v) is 4.78. The van der Waals surface area contributed by atoms with Crippen LogP contribution < -0.4 is 0 Å². The average molecular weight is 172 g/mol. The van der Waals surface area contributed by atoms with Crippen molar-refractivity contribution in [1.29, 1.82) is 0 Å². The third-order valence-corrected chi connectivity index (χ3v) is 3.14. The van der Waals surface area contributed by atoms with Gasteiger partial charge in [0.15, 0.2) is 0 Å². The minimum absolute atomic E-state index is 0.215. The van der Waals surface area contributed by atoms with Crippen molar-refractivity contribution < 1.29 is 10.2 Å². The molecule has 1 fully saturated rings. The Morgan fingerprint density at radius 2 is 1.83 bits per heavy atom. The third kappa shape index (κ3) is 1.50. The Morgan fingerprint density at radius 1 is 1.25 bits per heavy atom. The summed E-state index contributed by atoms with van der Waals surface area (Å²) in [4.78, 5) is 0. The maximum absolute atomic E-state index is 10.2. The zero-order chi connectivity index (χ0) is 9.41. The van der Waals surface area contributed by atoms with E-state index in [0.717, 1.165) is 25.7 Å². The molecule has 0 heterocycles. The lowest BCUT2D eigenvalue weighted by atomic mass is 9.67. The van der Waals surface area contributed by atoms with Gasteiger partial charge in [-0.15, -0.1) is 0 Å². The van der Waals surface area contributed by atoms with Gasteiger partial charge in [0.2, 0.25) is 0 Å². The highest BCUT2D eigenvalue weighted by Gasteiger charge is 2.46. The standard InChI is InChI=1S/C10H20O2/c1-9(2,3)10(12)7-5-4-6-8(10)11/h8,11-12H,4-7H2,1-3H3/t8-,10+/m0/s1. The normalized spacial score (nSPS) is 38.2. The van der Waals surface area contributed by atoms with E-state index in [-0.39, 0.29) is 5.41 Å². The highest BCUT2D eigenvalue weighted by molar-refractivity contribution is 4.98. The molecule has 0 unspecified atom stereocenters. The van der Waals surface area contributed by atoms with Gasteiger partial charge in [-0.3, -0.25) is 0 Å². The molecule has 72 valence electrons. The lowest BCUT2D eigenvalue weighted by Gasteiger charge is -2.46. The third-order valence-electron chi connectivity index (χ3n) is 3.14. The zero-order valence-corrected chi connectivity index (χ0v) is 8.30. The van der Waals surface area contributed by atoms with Crippen LogP contribution >= 0.6 is 0 Å². The molecule has 0 bridgehead atoms. The van der Waals surface area contributed by atoms with Gasteiger partial charge in [0, 0.05) is 0 Å². The second-order valence-corrected chi connectivity index (χ2v) is 4.94. The van der Waals surface area contributed by atoms with Crippen LogP contribution in [0, 0.1) is 5.41 Å². The van der Waals surface area contributed by atoms with Gasteiger partial charge in [-0.25, -0.2) is 0 Å². The molecule has 12 heavy (non-hydrogen) atoms. The first-order chi connectivity index (χ1) is 5.38. The first-order valence-electron chi connectivity index (χ1n) is 4.78. The van der Waals surface area contributed by atoms with E-state index >= 15 is 0 Å². The van der Waals surface area contributed by atoms with Gasteiger partial charge in [-0.2, -0.15) is 0 Å². The van der Waals surface area contributed by atoms with Gasteiger partial charge in [-0.05, 0) is 18.3 Å². The fraction of sp³-hybridized carbons (Fsp3) is 1.00. The van der Waals surface area contributed by atoms with Crippen molar-refractivity contribution in [3.05, 3.63) is 0 Å². The molecule has 0 aromatic carbocycles. The predicted octanol–water partition coefficient (Wildman–Crippen LogP) is 1.70. The Hall–Kier alpha value is -0.0800. The maximum atomic E-state index is 10.2. The summed E-state index contributed by atoms with van der Waals surface area (Å²) < 4.78 is 0. The van der Waals surface area contributed by atoms with Crippen LogP contribution in [0.2, 0.25) is 0 Å². The van der Waals surface area contributed by atoms with E-state index in [0.29, 0.717) is 0 Å². The Bertz CT molecular complexity index is 160. The minimum Gasteiger partial charge on any atom is -0.390 e. The number of aliphatic hydroxyl groups excluding tert-OH is 1. The number of aliphatic hydroxyl groups is 2. The van der Waals surface area contributed by atoms with Gasteiger partial charge >= 0.3 is 0 Å². The molecule has 0 aliphatic heterocycles. The molecule has 0 amide bonds. The summed E-state index contributed by atoms with van der Waals surface area (Å²) in [6.07, 6.45) is 3.02. The molecule has 2 atom stereocenters. The average Bonchev–Trinajstić information content (AvgIpc) is 1.93. The molecule has 2 nitrogen and oxygen atoms in total. The molecular weight excluding hydrogens is 152 g/mol. The van der Waals surface area contributed by atoms with Crippen LogP contribution in [0.3, 0.4) is 0 Å². The molecule has 1 aliphatic rings. The van der Waals surface area contributed by atoms with Crippen molar-refractivity contribution in [1.82, 2.24) is 0 Å². The van der Waals surface area contributed by atoms with Crippen molar-refractivity contribution in [2.75, 3.05) is 0 Å². The molecule has 1 rings (SSSR count). The molecule has 0 saturated heterocycles. The van der Waals surface area contributed by atoms with E-state index in [1.54, 1.807) is 0 Å². The fourth-order valence-corrected chi connectivity index (χ4v) is 2.01. The van der Waals surface area contributed by atoms with E-state index in [1.807, 2.05) is 20.8 Å². The summed E-state index contributed by atoms with van der Waals surface area (Å²) >= 11 is 0. The van der Waals surface area contributed by atoms with Crippen molar-refractivity contribution in [3.8, 4) is 0 Å². The van der Waals surface area contributed by atoms with E-state index in [1.165, 1.54) is 0 Å². The van der Waals surface area contributed by atoms with Crippen LogP contribution in [0.1, 0.15) is 46.5 Å². The molecule has 0 spiro atoms. The number of hydrogen-bond acceptors (Lipinski definition) is 2. The number of rotatable bonds is 0. The van der Waals surface area contributed by atoms with E-state index in [2.05, 4.69) is 0 Å². The summed E-state index contributed by atoms with van der Waals surface area (Å²) in [5, 5.41) is 19.9. The van der Waals surface area contributed by atoms with Gasteiger partial charge in [0.25, 0.3) is 0 Å². The van der Waals surface area contributed by atoms with Crippen LogP contribution in [0.4, 0.5) is 0 Å². The number of hydrogen-bond donors (Lipinski definition) is 2. The van der Waals surface area contributed by atoms with Gasteiger partial charge in [0.1, 0.15) is 0 Å². The Labute approximate surface area is 74.6 Å². The molecule has 1 aliphatic carbocycles. The molecule has 1 saturated carbocycles. The zero-order valence-electron chi connectivity index (χ0n) is 8.30. The lowest BCUT2D eigenvalue weighted by Crippen LogP contribution is -2.54. The maximum Gasteiger partial charge on any atom is 0.0953 e. The van der Waals surface area contributed by atoms with Crippen LogP contribution in [0.15, 0.2) is 0 Å². The van der Waals surface area contributed by atoms with Crippen molar-refractivity contribution in [2.45, 2.75) is 58.2 Å². The molecule has 2 N–H and O–H groups in total. The SMILES string of the molecule is CC(C)(C)[C@@]1(O)CCCC[C@@H]1O. The van der Waals surface area contributed by atoms with Crippen molar-refractivity contribution in [2.24, 2.45) is 5.41 Å². The van der Waals surface area contributed by atoms with Crippen LogP contribution in [0.5, 0.6) is 0 Å². The molecule has 0 aromatic heterocycles. The largest absolute Gasteiger partial charge is 0.390 e. The van der Waals surface area contributed by atoms with Crippen LogP contribution in [0.25, 0.3) is 0 Å². The second-order valence-electron chi connectivity index (χ2n) is 4.94. The molecule has 0 radical (unpaired) electrons. The monoisotopic (exact) mass is 172 g/mol. The molecule has 0 aromatic rings. The summed E-state index contributed by atoms with van der Waals surface area (Å²) in [6, 6.07) is 0. The molecular formula is C10H20O2. The van der Waals surface area contributed by atoms with Crippen molar-refractivity contribution in [3.63, 3.8) is 0 Å². The highest BCUT2D eigenvalue weighted by Crippen LogP contribution is 2.41.